The second-order valence-electron chi connectivity index (χ2n) is 8.96. The van der Waals surface area contributed by atoms with E-state index in [1.54, 1.807) is 42.2 Å². The molecule has 1 aliphatic heterocycles. The summed E-state index contributed by atoms with van der Waals surface area (Å²) >= 11 is 7.84. The fourth-order valence-electron chi connectivity index (χ4n) is 4.48. The molecule has 4 rings (SSSR count). The average Bonchev–Trinajstić information content (AvgIpc) is 3.44. The molecule has 3 heterocycles. The third-order valence-corrected chi connectivity index (χ3v) is 7.77. The molecule has 0 bridgehead atoms. The van der Waals surface area contributed by atoms with E-state index >= 15 is 0 Å². The molecule has 0 aliphatic carbocycles. The highest BCUT2D eigenvalue weighted by atomic mass is 35.5. The van der Waals surface area contributed by atoms with Crippen LogP contribution in [0.25, 0.3) is 11.1 Å². The summed E-state index contributed by atoms with van der Waals surface area (Å²) in [4.78, 5) is 17.7. The van der Waals surface area contributed by atoms with E-state index in [1.807, 2.05) is 19.0 Å². The molecule has 194 valence electrons. The number of carbonyl (C=O) groups is 1. The molecule has 0 fully saturated rings. The number of rotatable bonds is 6. The Labute approximate surface area is 222 Å². The van der Waals surface area contributed by atoms with Crippen LogP contribution in [0.15, 0.2) is 42.6 Å². The van der Waals surface area contributed by atoms with Crippen LogP contribution in [0.3, 0.4) is 0 Å². The first-order valence-corrected chi connectivity index (χ1v) is 12.8. The van der Waals surface area contributed by atoms with Gasteiger partial charge in [-0.2, -0.15) is 23.5 Å². The van der Waals surface area contributed by atoms with E-state index in [0.29, 0.717) is 28.1 Å². The molecular weight excluding hydrogens is 523 g/mol. The van der Waals surface area contributed by atoms with Crippen molar-refractivity contribution in [2.24, 2.45) is 0 Å². The van der Waals surface area contributed by atoms with Crippen LogP contribution in [-0.2, 0) is 24.1 Å². The molecule has 1 aliphatic rings. The van der Waals surface area contributed by atoms with Gasteiger partial charge in [-0.25, -0.2) is 0 Å². The predicted molar refractivity (Wildman–Crippen MR) is 137 cm³/mol. The standard InChI is InChI=1S/C26H25ClF3N5OS/c1-4-35-14-19(25(32-35)26(28,29)30)17-9-6-5-8-16(17)18-13-34(22(36)10-7-11-33(2)3)15-21-23(18)24(27)20(12-31)37-21/h5-10,14,18H,4,11,13,15H2,1-3H3/b10-7+/t18-/m1/s1. The number of aryl methyl sites for hydroxylation is 1. The Morgan fingerprint density at radius 2 is 2.05 bits per heavy atom. The van der Waals surface area contributed by atoms with Crippen molar-refractivity contribution in [2.75, 3.05) is 27.2 Å². The summed E-state index contributed by atoms with van der Waals surface area (Å²) < 4.78 is 43.1. The Hall–Kier alpha value is -3.13. The lowest BCUT2D eigenvalue weighted by Gasteiger charge is -2.34. The Kier molecular flexibility index (Phi) is 7.78. The number of nitrogens with zero attached hydrogens (tertiary/aromatic N) is 5. The van der Waals surface area contributed by atoms with Crippen molar-refractivity contribution in [1.29, 1.82) is 5.26 Å². The van der Waals surface area contributed by atoms with Gasteiger partial charge in [-0.3, -0.25) is 9.48 Å². The molecule has 11 heteroatoms. The van der Waals surface area contributed by atoms with Gasteiger partial charge >= 0.3 is 6.18 Å². The molecule has 0 saturated heterocycles. The molecule has 37 heavy (non-hydrogen) atoms. The van der Waals surface area contributed by atoms with Crippen molar-refractivity contribution in [1.82, 2.24) is 19.6 Å². The summed E-state index contributed by atoms with van der Waals surface area (Å²) in [6, 6.07) is 8.91. The molecule has 1 amide bonds. The van der Waals surface area contributed by atoms with Gasteiger partial charge in [0.15, 0.2) is 5.69 Å². The van der Waals surface area contributed by atoms with Crippen molar-refractivity contribution < 1.29 is 18.0 Å². The van der Waals surface area contributed by atoms with Crippen molar-refractivity contribution in [3.8, 4) is 17.2 Å². The minimum Gasteiger partial charge on any atom is -0.333 e. The lowest BCUT2D eigenvalue weighted by atomic mass is 9.83. The number of nitriles is 1. The molecule has 1 atom stereocenters. The van der Waals surface area contributed by atoms with Gasteiger partial charge in [0.25, 0.3) is 0 Å². The summed E-state index contributed by atoms with van der Waals surface area (Å²) in [5.41, 5.74) is 0.639. The van der Waals surface area contributed by atoms with Gasteiger partial charge in [-0.15, -0.1) is 11.3 Å². The van der Waals surface area contributed by atoms with E-state index in [1.165, 1.54) is 28.3 Å². The van der Waals surface area contributed by atoms with Gasteiger partial charge in [0, 0.05) is 48.3 Å². The lowest BCUT2D eigenvalue weighted by molar-refractivity contribution is -0.141. The summed E-state index contributed by atoms with van der Waals surface area (Å²) in [6.45, 7) is 3.06. The Morgan fingerprint density at radius 3 is 2.70 bits per heavy atom. The highest BCUT2D eigenvalue weighted by Crippen LogP contribution is 2.47. The first-order chi connectivity index (χ1) is 17.5. The number of carbonyl (C=O) groups excluding carboxylic acids is 1. The fraction of sp³-hybridized carbons (Fsp3) is 0.346. The highest BCUT2D eigenvalue weighted by Gasteiger charge is 2.40. The minimum absolute atomic E-state index is 0.0345. The number of aromatic nitrogens is 2. The van der Waals surface area contributed by atoms with Gasteiger partial charge in [0.2, 0.25) is 5.91 Å². The highest BCUT2D eigenvalue weighted by molar-refractivity contribution is 7.13. The van der Waals surface area contributed by atoms with Crippen molar-refractivity contribution in [3.05, 3.63) is 74.2 Å². The lowest BCUT2D eigenvalue weighted by Crippen LogP contribution is -2.37. The quantitative estimate of drug-likeness (QED) is 0.368. The molecule has 0 N–H and O–H groups in total. The first-order valence-electron chi connectivity index (χ1n) is 11.6. The van der Waals surface area contributed by atoms with Crippen molar-refractivity contribution in [2.45, 2.75) is 32.1 Å². The normalized spacial score (nSPS) is 15.9. The molecule has 6 nitrogen and oxygen atoms in total. The van der Waals surface area contributed by atoms with Gasteiger partial charge in [-0.1, -0.05) is 41.9 Å². The van der Waals surface area contributed by atoms with E-state index < -0.39 is 17.8 Å². The SMILES string of the molecule is CCn1cc(-c2ccccc2[C@H]2CN(C(=O)/C=C/CN(C)C)Cc3sc(C#N)c(Cl)c32)c(C(F)(F)F)n1. The number of hydrogen-bond acceptors (Lipinski definition) is 5. The zero-order valence-electron chi connectivity index (χ0n) is 20.5. The summed E-state index contributed by atoms with van der Waals surface area (Å²) in [6.07, 6.45) is 0.0150. The second kappa shape index (κ2) is 10.7. The number of thiophene rings is 1. The third-order valence-electron chi connectivity index (χ3n) is 6.17. The summed E-state index contributed by atoms with van der Waals surface area (Å²) in [7, 11) is 3.78. The first kappa shape index (κ1) is 26.9. The van der Waals surface area contributed by atoms with E-state index in [4.69, 9.17) is 11.6 Å². The maximum absolute atomic E-state index is 14.0. The van der Waals surface area contributed by atoms with E-state index in [9.17, 15) is 23.2 Å². The zero-order valence-corrected chi connectivity index (χ0v) is 22.1. The molecule has 2 aromatic heterocycles. The van der Waals surface area contributed by atoms with Gasteiger partial charge < -0.3 is 9.80 Å². The number of halogens is 4. The summed E-state index contributed by atoms with van der Waals surface area (Å²) in [5, 5.41) is 13.7. The Balaban J connectivity index is 1.85. The maximum Gasteiger partial charge on any atom is 0.435 e. The molecule has 0 saturated carbocycles. The van der Waals surface area contributed by atoms with Crippen molar-refractivity contribution in [3.63, 3.8) is 0 Å². The van der Waals surface area contributed by atoms with Crippen molar-refractivity contribution >= 4 is 28.8 Å². The number of likely N-dealkylation sites (N-methyl/N-ethyl adjacent to an activating group) is 1. The molecule has 1 aromatic carbocycles. The van der Waals surface area contributed by atoms with Crippen LogP contribution >= 0.6 is 22.9 Å². The number of hydrogen-bond donors (Lipinski definition) is 0. The molecule has 3 aromatic rings. The Morgan fingerprint density at radius 1 is 1.32 bits per heavy atom. The molecular formula is C26H25ClF3N5OS. The summed E-state index contributed by atoms with van der Waals surface area (Å²) in [5.74, 6) is -0.740. The third kappa shape index (κ3) is 5.44. The van der Waals surface area contributed by atoms with Crippen LogP contribution in [0.1, 0.15) is 39.4 Å². The van der Waals surface area contributed by atoms with Crippen LogP contribution in [0.4, 0.5) is 13.2 Å². The van der Waals surface area contributed by atoms with Crippen LogP contribution in [0.5, 0.6) is 0 Å². The number of alkyl halides is 3. The van der Waals surface area contributed by atoms with E-state index in [2.05, 4.69) is 11.2 Å². The number of benzene rings is 1. The van der Waals surface area contributed by atoms with E-state index in [0.717, 1.165) is 4.88 Å². The smallest absolute Gasteiger partial charge is 0.333 e. The fourth-order valence-corrected chi connectivity index (χ4v) is 6.01. The average molecular weight is 548 g/mol. The maximum atomic E-state index is 14.0. The monoisotopic (exact) mass is 547 g/mol. The van der Waals surface area contributed by atoms with Gasteiger partial charge in [0.1, 0.15) is 10.9 Å². The van der Waals surface area contributed by atoms with Crippen LogP contribution in [-0.4, -0.2) is 52.7 Å². The van der Waals surface area contributed by atoms with E-state index in [-0.39, 0.29) is 36.1 Å². The minimum atomic E-state index is -4.65. The number of amides is 1. The second-order valence-corrected chi connectivity index (χ2v) is 10.4. The molecule has 0 spiro atoms. The topological polar surface area (TPSA) is 65.2 Å². The largest absolute Gasteiger partial charge is 0.435 e. The van der Waals surface area contributed by atoms with Crippen LogP contribution in [0.2, 0.25) is 5.02 Å². The van der Waals surface area contributed by atoms with Crippen LogP contribution < -0.4 is 0 Å². The van der Waals surface area contributed by atoms with Gasteiger partial charge in [-0.05, 0) is 37.7 Å². The molecule has 0 unspecified atom stereocenters. The predicted octanol–water partition coefficient (Wildman–Crippen LogP) is 5.77. The zero-order chi connectivity index (χ0) is 26.9. The molecule has 0 radical (unpaired) electrons. The van der Waals surface area contributed by atoms with Crippen LogP contribution in [0, 0.1) is 11.3 Å². The van der Waals surface area contributed by atoms with Gasteiger partial charge in [0.05, 0.1) is 11.6 Å². The number of fused-ring (bicyclic) bond motifs is 1. The Bertz CT molecular complexity index is 1390.